The quantitative estimate of drug-likeness (QED) is 0.627. The van der Waals surface area contributed by atoms with Crippen LogP contribution in [0.2, 0.25) is 0 Å². The summed E-state index contributed by atoms with van der Waals surface area (Å²) in [6.07, 6.45) is 0. The Morgan fingerprint density at radius 2 is 2.21 bits per heavy atom. The van der Waals surface area contributed by atoms with Gasteiger partial charge in [0.2, 0.25) is 0 Å². The summed E-state index contributed by atoms with van der Waals surface area (Å²) in [4.78, 5) is 11.0. The van der Waals surface area contributed by atoms with Gasteiger partial charge in [0, 0.05) is 15.8 Å². The van der Waals surface area contributed by atoms with Gasteiger partial charge >= 0.3 is 5.97 Å². The Labute approximate surface area is 97.7 Å². The van der Waals surface area contributed by atoms with Crippen LogP contribution in [0.5, 0.6) is 0 Å². The molecule has 1 aromatic carbocycles. The number of halogens is 1. The Balaban J connectivity index is 2.84. The first-order chi connectivity index (χ1) is 6.59. The Kier molecular flexibility index (Phi) is 2.36. The van der Waals surface area contributed by atoms with Crippen molar-refractivity contribution in [2.45, 2.75) is 0 Å². The number of thiophene rings is 1. The molecule has 0 spiro atoms. The van der Waals surface area contributed by atoms with Crippen LogP contribution in [0.15, 0.2) is 18.2 Å². The van der Waals surface area contributed by atoms with Gasteiger partial charge in [-0.2, -0.15) is 0 Å². The average molecular weight is 319 g/mol. The summed E-state index contributed by atoms with van der Waals surface area (Å²) in [6.45, 7) is 0. The van der Waals surface area contributed by atoms with Crippen LogP contribution in [0.25, 0.3) is 10.1 Å². The zero-order valence-electron chi connectivity index (χ0n) is 6.95. The number of carboxylic acids is 1. The van der Waals surface area contributed by atoms with E-state index in [1.54, 1.807) is 18.2 Å². The molecule has 0 aliphatic carbocycles. The van der Waals surface area contributed by atoms with Gasteiger partial charge in [-0.15, -0.1) is 11.3 Å². The van der Waals surface area contributed by atoms with Gasteiger partial charge in [-0.3, -0.25) is 0 Å². The first-order valence-corrected chi connectivity index (χ1v) is 5.70. The van der Waals surface area contributed by atoms with Crippen LogP contribution < -0.4 is 5.73 Å². The van der Waals surface area contributed by atoms with Crippen LogP contribution in [0, 0.1) is 2.88 Å². The van der Waals surface area contributed by atoms with E-state index in [9.17, 15) is 4.79 Å². The second-order valence-corrected chi connectivity index (χ2v) is 5.67. The lowest BCUT2D eigenvalue weighted by atomic mass is 10.2. The van der Waals surface area contributed by atoms with Crippen molar-refractivity contribution in [3.8, 4) is 0 Å². The molecule has 0 saturated heterocycles. The summed E-state index contributed by atoms with van der Waals surface area (Å²) < 4.78 is 1.71. The summed E-state index contributed by atoms with van der Waals surface area (Å²) in [7, 11) is 0. The Hall–Kier alpha value is -0.820. The smallest absolute Gasteiger partial charge is 0.338 e. The van der Waals surface area contributed by atoms with Gasteiger partial charge in [-0.1, -0.05) is 6.07 Å². The summed E-state index contributed by atoms with van der Waals surface area (Å²) in [5.41, 5.74) is 6.66. The van der Waals surface area contributed by atoms with E-state index < -0.39 is 5.97 Å². The van der Waals surface area contributed by atoms with Crippen molar-refractivity contribution in [2.24, 2.45) is 0 Å². The lowest BCUT2D eigenvalue weighted by molar-refractivity contribution is 0.0698. The first-order valence-electron chi connectivity index (χ1n) is 3.80. The summed E-state index contributed by atoms with van der Waals surface area (Å²) >= 11 is 3.48. The summed E-state index contributed by atoms with van der Waals surface area (Å²) in [5, 5.41) is 9.76. The minimum atomic E-state index is -0.884. The molecule has 2 aromatic rings. The van der Waals surface area contributed by atoms with Gasteiger partial charge in [-0.25, -0.2) is 4.79 Å². The molecule has 0 radical (unpaired) electrons. The highest BCUT2D eigenvalue weighted by molar-refractivity contribution is 14.1. The fourth-order valence-electron chi connectivity index (χ4n) is 1.28. The Morgan fingerprint density at radius 3 is 2.86 bits per heavy atom. The number of hydrogen-bond acceptors (Lipinski definition) is 3. The van der Waals surface area contributed by atoms with Crippen LogP contribution in [0.3, 0.4) is 0 Å². The van der Waals surface area contributed by atoms with Crippen molar-refractivity contribution in [1.29, 1.82) is 0 Å². The van der Waals surface area contributed by atoms with Gasteiger partial charge in [-0.05, 0) is 34.7 Å². The topological polar surface area (TPSA) is 63.3 Å². The third-order valence-electron chi connectivity index (χ3n) is 1.88. The number of rotatable bonds is 1. The SMILES string of the molecule is Nc1ccc2c(C(=O)O)c(I)sc2c1. The van der Waals surface area contributed by atoms with E-state index >= 15 is 0 Å². The minimum absolute atomic E-state index is 0.380. The van der Waals surface area contributed by atoms with Crippen LogP contribution in [0.4, 0.5) is 5.69 Å². The highest BCUT2D eigenvalue weighted by atomic mass is 127. The van der Waals surface area contributed by atoms with Gasteiger partial charge in [0.25, 0.3) is 0 Å². The highest BCUT2D eigenvalue weighted by Gasteiger charge is 2.15. The largest absolute Gasteiger partial charge is 0.478 e. The number of anilines is 1. The van der Waals surface area contributed by atoms with E-state index in [1.165, 1.54) is 11.3 Å². The number of nitrogens with two attached hydrogens (primary N) is 1. The fourth-order valence-corrected chi connectivity index (χ4v) is 3.48. The number of aromatic carboxylic acids is 1. The zero-order chi connectivity index (χ0) is 10.3. The number of fused-ring (bicyclic) bond motifs is 1. The number of nitrogen functional groups attached to an aromatic ring is 1. The molecule has 1 aromatic heterocycles. The van der Waals surface area contributed by atoms with E-state index in [4.69, 9.17) is 10.8 Å². The highest BCUT2D eigenvalue weighted by Crippen LogP contribution is 2.33. The van der Waals surface area contributed by atoms with Crippen LogP contribution in [-0.4, -0.2) is 11.1 Å². The lowest BCUT2D eigenvalue weighted by Crippen LogP contribution is -1.96. The molecule has 5 heteroatoms. The van der Waals surface area contributed by atoms with Crippen molar-refractivity contribution in [3.63, 3.8) is 0 Å². The Morgan fingerprint density at radius 1 is 1.50 bits per heavy atom. The van der Waals surface area contributed by atoms with Crippen molar-refractivity contribution in [2.75, 3.05) is 5.73 Å². The van der Waals surface area contributed by atoms with Crippen LogP contribution in [-0.2, 0) is 0 Å². The molecule has 0 unspecified atom stereocenters. The Bertz CT molecular complexity index is 521. The molecular formula is C9H6INO2S. The molecule has 14 heavy (non-hydrogen) atoms. The summed E-state index contributed by atoms with van der Waals surface area (Å²) in [6, 6.07) is 5.28. The molecule has 72 valence electrons. The van der Waals surface area contributed by atoms with E-state index in [2.05, 4.69) is 0 Å². The molecule has 0 aliphatic rings. The van der Waals surface area contributed by atoms with Crippen molar-refractivity contribution >= 4 is 55.7 Å². The standard InChI is InChI=1S/C9H6INO2S/c10-8-7(9(12)13)5-2-1-4(11)3-6(5)14-8/h1-3H,11H2,(H,12,13). The molecule has 0 bridgehead atoms. The maximum Gasteiger partial charge on any atom is 0.338 e. The average Bonchev–Trinajstić information content (AvgIpc) is 2.39. The second-order valence-electron chi connectivity index (χ2n) is 2.81. The van der Waals surface area contributed by atoms with Gasteiger partial charge in [0.05, 0.1) is 8.45 Å². The number of benzene rings is 1. The fraction of sp³-hybridized carbons (Fsp3) is 0. The zero-order valence-corrected chi connectivity index (χ0v) is 9.93. The predicted octanol–water partition coefficient (Wildman–Crippen LogP) is 2.79. The molecule has 0 fully saturated rings. The van der Waals surface area contributed by atoms with E-state index in [-0.39, 0.29) is 0 Å². The summed E-state index contributed by atoms with van der Waals surface area (Å²) in [5.74, 6) is -0.884. The van der Waals surface area contributed by atoms with Gasteiger partial charge < -0.3 is 10.8 Å². The maximum atomic E-state index is 11.0. The molecule has 3 nitrogen and oxygen atoms in total. The number of carboxylic acid groups (broad SMARTS) is 1. The van der Waals surface area contributed by atoms with E-state index in [0.29, 0.717) is 11.3 Å². The van der Waals surface area contributed by atoms with Crippen LogP contribution >= 0.6 is 33.9 Å². The van der Waals surface area contributed by atoms with Crippen molar-refractivity contribution in [1.82, 2.24) is 0 Å². The number of hydrogen-bond donors (Lipinski definition) is 2. The molecule has 0 amide bonds. The molecule has 0 atom stereocenters. The molecular weight excluding hydrogens is 313 g/mol. The maximum absolute atomic E-state index is 11.0. The minimum Gasteiger partial charge on any atom is -0.478 e. The molecule has 0 saturated carbocycles. The van der Waals surface area contributed by atoms with Crippen molar-refractivity contribution < 1.29 is 9.90 Å². The molecule has 2 rings (SSSR count). The first kappa shape index (κ1) is 9.72. The normalized spacial score (nSPS) is 10.6. The molecule has 3 N–H and O–H groups in total. The third-order valence-corrected chi connectivity index (χ3v) is 4.03. The van der Waals surface area contributed by atoms with Crippen LogP contribution in [0.1, 0.15) is 10.4 Å². The predicted molar refractivity (Wildman–Crippen MR) is 65.9 cm³/mol. The van der Waals surface area contributed by atoms with Gasteiger partial charge in [0.1, 0.15) is 0 Å². The van der Waals surface area contributed by atoms with E-state index in [1.807, 2.05) is 22.6 Å². The van der Waals surface area contributed by atoms with Crippen molar-refractivity contribution in [3.05, 3.63) is 26.6 Å². The van der Waals surface area contributed by atoms with Gasteiger partial charge in [0.15, 0.2) is 0 Å². The van der Waals surface area contributed by atoms with E-state index in [0.717, 1.165) is 13.0 Å². The molecule has 1 heterocycles. The lowest BCUT2D eigenvalue weighted by Gasteiger charge is -1.94. The number of carbonyl (C=O) groups is 1. The third kappa shape index (κ3) is 1.46. The monoisotopic (exact) mass is 319 g/mol. The molecule has 0 aliphatic heterocycles. The second kappa shape index (κ2) is 3.39.